The van der Waals surface area contributed by atoms with E-state index in [-0.39, 0.29) is 24.2 Å². The minimum Gasteiger partial charge on any atom is -0.512 e. The second-order valence-electron chi connectivity index (χ2n) is 4.10. The molecular formula is C10H14O4. The van der Waals surface area contributed by atoms with E-state index in [1.165, 1.54) is 0 Å². The van der Waals surface area contributed by atoms with Crippen molar-refractivity contribution in [3.63, 3.8) is 0 Å². The van der Waals surface area contributed by atoms with Gasteiger partial charge in [-0.3, -0.25) is 0 Å². The van der Waals surface area contributed by atoms with Crippen molar-refractivity contribution in [1.82, 2.24) is 0 Å². The molecular weight excluding hydrogens is 184 g/mol. The zero-order valence-corrected chi connectivity index (χ0v) is 8.06. The number of hydrogen-bond acceptors (Lipinski definition) is 4. The number of cyclic esters (lactones) is 1. The maximum atomic E-state index is 11.4. The summed E-state index contributed by atoms with van der Waals surface area (Å²) < 4.78 is 5.02. The highest BCUT2D eigenvalue weighted by atomic mass is 16.5. The van der Waals surface area contributed by atoms with Crippen LogP contribution in [0.15, 0.2) is 11.3 Å². The molecule has 78 valence electrons. The highest BCUT2D eigenvalue weighted by Crippen LogP contribution is 2.36. The van der Waals surface area contributed by atoms with Gasteiger partial charge in [-0.1, -0.05) is 0 Å². The van der Waals surface area contributed by atoms with Crippen LogP contribution in [0.4, 0.5) is 0 Å². The Bertz CT molecular complexity index is 294. The molecule has 1 heterocycles. The molecule has 1 aliphatic heterocycles. The zero-order chi connectivity index (χ0) is 10.3. The van der Waals surface area contributed by atoms with E-state index in [0.717, 1.165) is 0 Å². The number of ether oxygens (including phenoxy) is 1. The first-order chi connectivity index (χ1) is 6.58. The number of rotatable bonds is 0. The fourth-order valence-corrected chi connectivity index (χ4v) is 2.29. The minimum absolute atomic E-state index is 0.00523. The van der Waals surface area contributed by atoms with Gasteiger partial charge in [0.25, 0.3) is 0 Å². The Morgan fingerprint density at radius 2 is 2.14 bits per heavy atom. The number of esters is 1. The first kappa shape index (κ1) is 9.52. The fourth-order valence-electron chi connectivity index (χ4n) is 2.29. The van der Waals surface area contributed by atoms with Crippen LogP contribution in [0.5, 0.6) is 0 Å². The van der Waals surface area contributed by atoms with E-state index in [1.807, 2.05) is 6.92 Å². The Morgan fingerprint density at radius 3 is 2.86 bits per heavy atom. The van der Waals surface area contributed by atoms with Gasteiger partial charge >= 0.3 is 5.97 Å². The summed E-state index contributed by atoms with van der Waals surface area (Å²) in [4.78, 5) is 11.4. The van der Waals surface area contributed by atoms with Gasteiger partial charge in [-0.2, -0.15) is 0 Å². The Kier molecular flexibility index (Phi) is 2.23. The van der Waals surface area contributed by atoms with Crippen molar-refractivity contribution in [3.05, 3.63) is 11.3 Å². The lowest BCUT2D eigenvalue weighted by atomic mass is 9.80. The van der Waals surface area contributed by atoms with E-state index in [4.69, 9.17) is 4.74 Å². The van der Waals surface area contributed by atoms with Gasteiger partial charge in [0.05, 0.1) is 17.8 Å². The number of aliphatic hydroxyl groups excluding tert-OH is 2. The zero-order valence-electron chi connectivity index (χ0n) is 8.06. The summed E-state index contributed by atoms with van der Waals surface area (Å²) in [5.74, 6) is -0.446. The van der Waals surface area contributed by atoms with Crippen LogP contribution in [0.3, 0.4) is 0 Å². The summed E-state index contributed by atoms with van der Waals surface area (Å²) in [6.07, 6.45) is 0.785. The molecule has 4 heteroatoms. The smallest absolute Gasteiger partial charge is 0.337 e. The lowest BCUT2D eigenvalue weighted by Gasteiger charge is -2.34. The molecule has 2 N–H and O–H groups in total. The minimum atomic E-state index is -0.526. The van der Waals surface area contributed by atoms with Crippen LogP contribution in [-0.2, 0) is 9.53 Å². The van der Waals surface area contributed by atoms with Gasteiger partial charge in [-0.25, -0.2) is 4.79 Å². The normalized spacial score (nSPS) is 37.9. The summed E-state index contributed by atoms with van der Waals surface area (Å²) >= 11 is 0. The summed E-state index contributed by atoms with van der Waals surface area (Å²) in [6, 6.07) is 0. The SMILES string of the molecule is C[C@@H]1C[C@@H]2C[C@H](O)CC(O)=C2C(=O)O1. The van der Waals surface area contributed by atoms with Crippen LogP contribution in [0.1, 0.15) is 26.2 Å². The molecule has 0 aromatic carbocycles. The predicted octanol–water partition coefficient (Wildman–Crippen LogP) is 0.905. The summed E-state index contributed by atoms with van der Waals surface area (Å²) in [7, 11) is 0. The predicted molar refractivity (Wildman–Crippen MR) is 48.6 cm³/mol. The van der Waals surface area contributed by atoms with Crippen molar-refractivity contribution in [3.8, 4) is 0 Å². The fraction of sp³-hybridized carbons (Fsp3) is 0.700. The van der Waals surface area contributed by atoms with Crippen LogP contribution in [0.2, 0.25) is 0 Å². The van der Waals surface area contributed by atoms with Gasteiger partial charge in [-0.15, -0.1) is 0 Å². The number of carbonyl (C=O) groups excluding carboxylic acids is 1. The molecule has 0 saturated carbocycles. The number of aliphatic hydroxyl groups is 2. The molecule has 0 spiro atoms. The molecule has 0 unspecified atom stereocenters. The van der Waals surface area contributed by atoms with Crippen LogP contribution < -0.4 is 0 Å². The lowest BCUT2D eigenvalue weighted by Crippen LogP contribution is -2.36. The van der Waals surface area contributed by atoms with Crippen LogP contribution in [-0.4, -0.2) is 28.4 Å². The van der Waals surface area contributed by atoms with Crippen molar-refractivity contribution >= 4 is 5.97 Å². The average Bonchev–Trinajstić information content (AvgIpc) is 1.99. The molecule has 0 amide bonds. The number of fused-ring (bicyclic) bond motifs is 1. The van der Waals surface area contributed by atoms with E-state index in [1.54, 1.807) is 0 Å². The second-order valence-corrected chi connectivity index (χ2v) is 4.10. The molecule has 1 saturated heterocycles. The van der Waals surface area contributed by atoms with Crippen molar-refractivity contribution < 1.29 is 19.7 Å². The van der Waals surface area contributed by atoms with E-state index < -0.39 is 12.1 Å². The molecule has 3 atom stereocenters. The van der Waals surface area contributed by atoms with E-state index >= 15 is 0 Å². The molecule has 2 rings (SSSR count). The topological polar surface area (TPSA) is 66.8 Å². The van der Waals surface area contributed by atoms with Crippen LogP contribution in [0, 0.1) is 5.92 Å². The molecule has 2 aliphatic rings. The Balaban J connectivity index is 2.30. The summed E-state index contributed by atoms with van der Waals surface area (Å²) in [6.45, 7) is 1.83. The standard InChI is InChI=1S/C10H14O4/c1-5-2-6-3-7(11)4-8(12)9(6)10(13)14-5/h5-7,11-12H,2-4H2,1H3/t5-,6-,7+/m1/s1. The van der Waals surface area contributed by atoms with E-state index in [0.29, 0.717) is 18.4 Å². The van der Waals surface area contributed by atoms with Crippen molar-refractivity contribution in [1.29, 1.82) is 0 Å². The first-order valence-corrected chi connectivity index (χ1v) is 4.89. The van der Waals surface area contributed by atoms with Gasteiger partial charge in [0.2, 0.25) is 0 Å². The molecule has 1 fully saturated rings. The number of hydrogen-bond donors (Lipinski definition) is 2. The Labute approximate surface area is 82.2 Å². The maximum absolute atomic E-state index is 11.4. The van der Waals surface area contributed by atoms with Crippen molar-refractivity contribution in [2.24, 2.45) is 5.92 Å². The lowest BCUT2D eigenvalue weighted by molar-refractivity contribution is -0.149. The van der Waals surface area contributed by atoms with Gasteiger partial charge in [-0.05, 0) is 19.8 Å². The van der Waals surface area contributed by atoms with Gasteiger partial charge in [0.15, 0.2) is 0 Å². The van der Waals surface area contributed by atoms with E-state index in [9.17, 15) is 15.0 Å². The Morgan fingerprint density at radius 1 is 1.43 bits per heavy atom. The van der Waals surface area contributed by atoms with Crippen molar-refractivity contribution in [2.45, 2.75) is 38.4 Å². The van der Waals surface area contributed by atoms with Crippen LogP contribution >= 0.6 is 0 Å². The third-order valence-electron chi connectivity index (χ3n) is 2.85. The highest BCUT2D eigenvalue weighted by molar-refractivity contribution is 5.90. The van der Waals surface area contributed by atoms with Crippen molar-refractivity contribution in [2.75, 3.05) is 0 Å². The third-order valence-corrected chi connectivity index (χ3v) is 2.85. The molecule has 1 aliphatic carbocycles. The summed E-state index contributed by atoms with van der Waals surface area (Å²) in [5.41, 5.74) is 0.383. The number of carbonyl (C=O) groups is 1. The van der Waals surface area contributed by atoms with E-state index in [2.05, 4.69) is 0 Å². The Hall–Kier alpha value is -1.03. The largest absolute Gasteiger partial charge is 0.512 e. The molecule has 0 radical (unpaired) electrons. The first-order valence-electron chi connectivity index (χ1n) is 4.89. The maximum Gasteiger partial charge on any atom is 0.337 e. The third kappa shape index (κ3) is 1.50. The summed E-state index contributed by atoms with van der Waals surface area (Å²) in [5, 5.41) is 19.0. The van der Waals surface area contributed by atoms with Crippen LogP contribution in [0.25, 0.3) is 0 Å². The van der Waals surface area contributed by atoms with Gasteiger partial charge < -0.3 is 14.9 Å². The van der Waals surface area contributed by atoms with Gasteiger partial charge in [0.1, 0.15) is 5.76 Å². The average molecular weight is 198 g/mol. The molecule has 0 aromatic rings. The molecule has 4 nitrogen and oxygen atoms in total. The molecule has 0 aromatic heterocycles. The second kappa shape index (κ2) is 3.28. The monoisotopic (exact) mass is 198 g/mol. The highest BCUT2D eigenvalue weighted by Gasteiger charge is 2.38. The quantitative estimate of drug-likeness (QED) is 0.568. The molecule has 0 bridgehead atoms. The van der Waals surface area contributed by atoms with Gasteiger partial charge in [0, 0.05) is 12.3 Å². The molecule has 14 heavy (non-hydrogen) atoms.